The molecule has 1 saturated heterocycles. The van der Waals surface area contributed by atoms with Gasteiger partial charge in [-0.1, -0.05) is 6.07 Å². The average Bonchev–Trinajstić information content (AvgIpc) is 2.84. The van der Waals surface area contributed by atoms with E-state index in [1.807, 2.05) is 13.0 Å². The monoisotopic (exact) mass is 263 g/mol. The van der Waals surface area contributed by atoms with Crippen LogP contribution in [0.25, 0.3) is 0 Å². The summed E-state index contributed by atoms with van der Waals surface area (Å²) in [5.74, 6) is 0.287. The molecule has 0 aromatic carbocycles. The van der Waals surface area contributed by atoms with Crippen molar-refractivity contribution in [3.05, 3.63) is 23.9 Å². The van der Waals surface area contributed by atoms with Gasteiger partial charge in [-0.2, -0.15) is 0 Å². The van der Waals surface area contributed by atoms with E-state index in [-0.39, 0.29) is 11.8 Å². The van der Waals surface area contributed by atoms with Crippen LogP contribution in [0.15, 0.2) is 18.3 Å². The van der Waals surface area contributed by atoms with E-state index in [1.165, 1.54) is 0 Å². The van der Waals surface area contributed by atoms with Gasteiger partial charge in [-0.15, -0.1) is 0 Å². The number of hydrogen-bond donors (Lipinski definition) is 2. The predicted octanol–water partition coefficient (Wildman–Crippen LogP) is 0.375. The Balaban J connectivity index is 1.91. The summed E-state index contributed by atoms with van der Waals surface area (Å²) in [6, 6.07) is 3.23. The molecule has 1 atom stereocenters. The van der Waals surface area contributed by atoms with E-state index >= 15 is 0 Å². The first kappa shape index (κ1) is 13.3. The lowest BCUT2D eigenvalue weighted by Gasteiger charge is -2.12. The van der Waals surface area contributed by atoms with Crippen LogP contribution in [0.3, 0.4) is 0 Å². The molecule has 2 heterocycles. The molecule has 1 fully saturated rings. The van der Waals surface area contributed by atoms with Gasteiger partial charge < -0.3 is 15.4 Å². The molecule has 0 radical (unpaired) electrons. The van der Waals surface area contributed by atoms with Crippen LogP contribution in [0, 0.1) is 0 Å². The van der Waals surface area contributed by atoms with Crippen molar-refractivity contribution in [2.45, 2.75) is 32.4 Å². The van der Waals surface area contributed by atoms with Crippen LogP contribution in [-0.4, -0.2) is 29.4 Å². The lowest BCUT2D eigenvalue weighted by atomic mass is 10.2. The maximum atomic E-state index is 11.8. The molecule has 0 aliphatic carbocycles. The van der Waals surface area contributed by atoms with Crippen LogP contribution in [-0.2, 0) is 16.1 Å². The molecule has 2 N–H and O–H groups in total. The van der Waals surface area contributed by atoms with Gasteiger partial charge >= 0.3 is 0 Å². The second kappa shape index (κ2) is 6.17. The van der Waals surface area contributed by atoms with Gasteiger partial charge in [0.05, 0.1) is 6.61 Å². The number of nitrogens with zero attached hydrogens (tertiary/aromatic N) is 1. The Morgan fingerprint density at radius 1 is 1.63 bits per heavy atom. The molecule has 2 rings (SSSR count). The number of ether oxygens (including phenoxy) is 1. The molecule has 0 saturated carbocycles. The van der Waals surface area contributed by atoms with Crippen molar-refractivity contribution in [1.29, 1.82) is 0 Å². The van der Waals surface area contributed by atoms with Gasteiger partial charge in [-0.05, 0) is 19.4 Å². The number of rotatable bonds is 5. The summed E-state index contributed by atoms with van der Waals surface area (Å²) in [6.07, 6.45) is 2.61. The molecule has 1 aliphatic rings. The highest BCUT2D eigenvalue weighted by molar-refractivity contribution is 5.90. The van der Waals surface area contributed by atoms with Crippen LogP contribution >= 0.6 is 0 Å². The van der Waals surface area contributed by atoms with Gasteiger partial charge in [0.2, 0.25) is 17.7 Å². The number of carbonyl (C=O) groups is 2. The summed E-state index contributed by atoms with van der Waals surface area (Å²) in [5, 5.41) is 5.42. The second-order valence-electron chi connectivity index (χ2n) is 4.28. The largest absolute Gasteiger partial charge is 0.478 e. The Hall–Kier alpha value is -2.11. The molecule has 0 bridgehead atoms. The first-order valence-corrected chi connectivity index (χ1v) is 6.34. The number of hydrogen-bond acceptors (Lipinski definition) is 4. The maximum absolute atomic E-state index is 11.8. The first-order chi connectivity index (χ1) is 9.20. The van der Waals surface area contributed by atoms with Crippen LogP contribution < -0.4 is 15.4 Å². The SMILES string of the molecule is CCOc1ncccc1CNC(=O)C1CCC(=O)N1. The van der Waals surface area contributed by atoms with E-state index < -0.39 is 6.04 Å². The van der Waals surface area contributed by atoms with Crippen molar-refractivity contribution >= 4 is 11.8 Å². The number of nitrogens with one attached hydrogen (secondary N) is 2. The van der Waals surface area contributed by atoms with E-state index in [0.29, 0.717) is 31.9 Å². The number of amides is 2. The Kier molecular flexibility index (Phi) is 4.33. The molecule has 1 unspecified atom stereocenters. The zero-order valence-electron chi connectivity index (χ0n) is 10.8. The quantitative estimate of drug-likeness (QED) is 0.804. The zero-order chi connectivity index (χ0) is 13.7. The molecular formula is C13H17N3O3. The van der Waals surface area contributed by atoms with Crippen LogP contribution in [0.2, 0.25) is 0 Å². The van der Waals surface area contributed by atoms with Crippen LogP contribution in [0.5, 0.6) is 5.88 Å². The second-order valence-corrected chi connectivity index (χ2v) is 4.28. The van der Waals surface area contributed by atoms with Crippen molar-refractivity contribution in [2.75, 3.05) is 6.61 Å². The van der Waals surface area contributed by atoms with Crippen molar-refractivity contribution in [1.82, 2.24) is 15.6 Å². The maximum Gasteiger partial charge on any atom is 0.242 e. The minimum absolute atomic E-state index is 0.0727. The molecular weight excluding hydrogens is 246 g/mol. The number of aromatic nitrogens is 1. The normalized spacial score (nSPS) is 17.9. The Morgan fingerprint density at radius 2 is 2.47 bits per heavy atom. The fourth-order valence-corrected chi connectivity index (χ4v) is 1.94. The molecule has 6 nitrogen and oxygen atoms in total. The summed E-state index contributed by atoms with van der Waals surface area (Å²) < 4.78 is 5.38. The first-order valence-electron chi connectivity index (χ1n) is 6.34. The van der Waals surface area contributed by atoms with E-state index in [4.69, 9.17) is 4.74 Å². The standard InChI is InChI=1S/C13H17N3O3/c1-2-19-13-9(4-3-7-14-13)8-15-12(18)10-5-6-11(17)16-10/h3-4,7,10H,2,5-6,8H2,1H3,(H,15,18)(H,16,17). The summed E-state index contributed by atoms with van der Waals surface area (Å²) in [6.45, 7) is 2.75. The van der Waals surface area contributed by atoms with Crippen LogP contribution in [0.1, 0.15) is 25.3 Å². The molecule has 102 valence electrons. The lowest BCUT2D eigenvalue weighted by Crippen LogP contribution is -2.41. The van der Waals surface area contributed by atoms with Crippen molar-refractivity contribution in [3.63, 3.8) is 0 Å². The van der Waals surface area contributed by atoms with Gasteiger partial charge in [-0.25, -0.2) is 4.98 Å². The molecule has 19 heavy (non-hydrogen) atoms. The lowest BCUT2D eigenvalue weighted by molar-refractivity contribution is -0.125. The molecule has 6 heteroatoms. The molecule has 2 amide bonds. The minimum Gasteiger partial charge on any atom is -0.478 e. The van der Waals surface area contributed by atoms with E-state index in [9.17, 15) is 9.59 Å². The third-order valence-electron chi connectivity index (χ3n) is 2.90. The van der Waals surface area contributed by atoms with E-state index in [1.54, 1.807) is 12.3 Å². The fraction of sp³-hybridized carbons (Fsp3) is 0.462. The highest BCUT2D eigenvalue weighted by atomic mass is 16.5. The third-order valence-corrected chi connectivity index (χ3v) is 2.90. The summed E-state index contributed by atoms with van der Waals surface area (Å²) >= 11 is 0. The fourth-order valence-electron chi connectivity index (χ4n) is 1.94. The highest BCUT2D eigenvalue weighted by Crippen LogP contribution is 2.14. The zero-order valence-corrected chi connectivity index (χ0v) is 10.8. The van der Waals surface area contributed by atoms with Gasteiger partial charge in [0.1, 0.15) is 6.04 Å². The number of carbonyl (C=O) groups excluding carboxylic acids is 2. The topological polar surface area (TPSA) is 80.3 Å². The Morgan fingerprint density at radius 3 is 3.16 bits per heavy atom. The van der Waals surface area contributed by atoms with Crippen molar-refractivity contribution < 1.29 is 14.3 Å². The molecule has 1 aromatic heterocycles. The average molecular weight is 263 g/mol. The van der Waals surface area contributed by atoms with Gasteiger partial charge in [0, 0.05) is 24.7 Å². The third kappa shape index (κ3) is 3.43. The summed E-state index contributed by atoms with van der Waals surface area (Å²) in [5.41, 5.74) is 0.821. The number of pyridine rings is 1. The molecule has 0 spiro atoms. The van der Waals surface area contributed by atoms with Crippen molar-refractivity contribution in [3.8, 4) is 5.88 Å². The Labute approximate surface area is 111 Å². The van der Waals surface area contributed by atoms with Crippen molar-refractivity contribution in [2.24, 2.45) is 0 Å². The Bertz CT molecular complexity index is 476. The molecule has 1 aromatic rings. The van der Waals surface area contributed by atoms with Gasteiger partial charge in [-0.3, -0.25) is 9.59 Å². The van der Waals surface area contributed by atoms with Gasteiger partial charge in [0.25, 0.3) is 0 Å². The van der Waals surface area contributed by atoms with E-state index in [2.05, 4.69) is 15.6 Å². The summed E-state index contributed by atoms with van der Waals surface area (Å²) in [7, 11) is 0. The predicted molar refractivity (Wildman–Crippen MR) is 68.4 cm³/mol. The van der Waals surface area contributed by atoms with Crippen LogP contribution in [0.4, 0.5) is 0 Å². The van der Waals surface area contributed by atoms with E-state index in [0.717, 1.165) is 5.56 Å². The smallest absolute Gasteiger partial charge is 0.242 e. The highest BCUT2D eigenvalue weighted by Gasteiger charge is 2.26. The molecule has 1 aliphatic heterocycles. The summed E-state index contributed by atoms with van der Waals surface area (Å²) in [4.78, 5) is 27.0. The minimum atomic E-state index is -0.417. The van der Waals surface area contributed by atoms with Gasteiger partial charge in [0.15, 0.2) is 0 Å².